The van der Waals surface area contributed by atoms with Gasteiger partial charge in [-0.1, -0.05) is 19.9 Å². The summed E-state index contributed by atoms with van der Waals surface area (Å²) >= 11 is 0. The molecule has 0 aliphatic rings. The van der Waals surface area contributed by atoms with Gasteiger partial charge in [0, 0.05) is 25.5 Å². The predicted molar refractivity (Wildman–Crippen MR) is 61.4 cm³/mol. The number of rotatable bonds is 5. The molecular formula is C12H20N2O. The van der Waals surface area contributed by atoms with Crippen LogP contribution in [0, 0.1) is 5.92 Å². The van der Waals surface area contributed by atoms with Crippen molar-refractivity contribution in [3.05, 3.63) is 30.1 Å². The number of aliphatic hydroxyl groups is 1. The molecule has 1 aromatic heterocycles. The largest absolute Gasteiger partial charge is 0.389 e. The molecule has 0 aliphatic heterocycles. The van der Waals surface area contributed by atoms with Gasteiger partial charge < -0.3 is 10.4 Å². The second-order valence-corrected chi connectivity index (χ2v) is 4.48. The normalized spacial score (nSPS) is 15.3. The molecule has 0 fully saturated rings. The van der Waals surface area contributed by atoms with E-state index in [4.69, 9.17) is 0 Å². The van der Waals surface area contributed by atoms with Gasteiger partial charge in [-0.3, -0.25) is 4.98 Å². The first-order chi connectivity index (χ1) is 7.02. The molecule has 0 saturated heterocycles. The average molecular weight is 208 g/mol. The highest BCUT2D eigenvalue weighted by Gasteiger charge is 2.23. The Hall–Kier alpha value is -0.930. The Balaban J connectivity index is 2.34. The smallest absolute Gasteiger partial charge is 0.0766 e. The van der Waals surface area contributed by atoms with Gasteiger partial charge in [-0.05, 0) is 24.5 Å². The van der Waals surface area contributed by atoms with E-state index in [0.717, 1.165) is 12.1 Å². The molecule has 84 valence electrons. The Labute approximate surface area is 91.5 Å². The van der Waals surface area contributed by atoms with E-state index in [1.807, 2.05) is 39.1 Å². The van der Waals surface area contributed by atoms with Crippen molar-refractivity contribution in [3.63, 3.8) is 0 Å². The van der Waals surface area contributed by atoms with Crippen LogP contribution in [0.25, 0.3) is 0 Å². The first-order valence-electron chi connectivity index (χ1n) is 5.34. The number of nitrogens with zero attached hydrogens (tertiary/aromatic N) is 1. The summed E-state index contributed by atoms with van der Waals surface area (Å²) < 4.78 is 0. The van der Waals surface area contributed by atoms with Gasteiger partial charge >= 0.3 is 0 Å². The molecule has 2 N–H and O–H groups in total. The van der Waals surface area contributed by atoms with E-state index >= 15 is 0 Å². The van der Waals surface area contributed by atoms with E-state index in [2.05, 4.69) is 10.3 Å². The summed E-state index contributed by atoms with van der Waals surface area (Å²) in [5.41, 5.74) is 0.486. The zero-order valence-corrected chi connectivity index (χ0v) is 9.70. The van der Waals surface area contributed by atoms with Crippen LogP contribution in [0.15, 0.2) is 24.5 Å². The minimum absolute atomic E-state index is 0.249. The summed E-state index contributed by atoms with van der Waals surface area (Å²) in [4.78, 5) is 4.03. The lowest BCUT2D eigenvalue weighted by Gasteiger charge is -2.27. The van der Waals surface area contributed by atoms with Gasteiger partial charge in [-0.2, -0.15) is 0 Å². The number of hydrogen-bond donors (Lipinski definition) is 2. The molecule has 1 unspecified atom stereocenters. The zero-order valence-electron chi connectivity index (χ0n) is 9.70. The Morgan fingerprint density at radius 3 is 2.80 bits per heavy atom. The summed E-state index contributed by atoms with van der Waals surface area (Å²) in [6.07, 6.45) is 3.59. The summed E-state index contributed by atoms with van der Waals surface area (Å²) in [5.74, 6) is 0.249. The summed E-state index contributed by atoms with van der Waals surface area (Å²) in [6.45, 7) is 7.24. The fourth-order valence-corrected chi connectivity index (χ4v) is 1.17. The lowest BCUT2D eigenvalue weighted by molar-refractivity contribution is 0.0140. The predicted octanol–water partition coefficient (Wildman–Crippen LogP) is 1.58. The van der Waals surface area contributed by atoms with Crippen molar-refractivity contribution in [3.8, 4) is 0 Å². The van der Waals surface area contributed by atoms with Gasteiger partial charge in [-0.25, -0.2) is 0 Å². The van der Waals surface area contributed by atoms with Crippen molar-refractivity contribution >= 4 is 0 Å². The van der Waals surface area contributed by atoms with Crippen molar-refractivity contribution in [2.75, 3.05) is 6.54 Å². The van der Waals surface area contributed by atoms with Crippen molar-refractivity contribution < 1.29 is 5.11 Å². The standard InChI is InChI=1S/C12H20N2O/c1-10(2)12(3,15)9-14-8-11-5-4-6-13-7-11/h4-7,10,14-15H,8-9H2,1-3H3. The molecule has 0 bridgehead atoms. The summed E-state index contributed by atoms with van der Waals surface area (Å²) in [5, 5.41) is 13.2. The van der Waals surface area contributed by atoms with Gasteiger partial charge in [0.05, 0.1) is 5.60 Å². The molecule has 15 heavy (non-hydrogen) atoms. The maximum absolute atomic E-state index is 9.99. The number of pyridine rings is 1. The van der Waals surface area contributed by atoms with Crippen LogP contribution in [-0.4, -0.2) is 22.2 Å². The maximum atomic E-state index is 9.99. The van der Waals surface area contributed by atoms with E-state index in [-0.39, 0.29) is 5.92 Å². The third-order valence-corrected chi connectivity index (χ3v) is 2.78. The molecule has 0 aliphatic carbocycles. The van der Waals surface area contributed by atoms with Gasteiger partial charge in [-0.15, -0.1) is 0 Å². The van der Waals surface area contributed by atoms with Gasteiger partial charge in [0.1, 0.15) is 0 Å². The van der Waals surface area contributed by atoms with E-state index < -0.39 is 5.60 Å². The molecule has 0 spiro atoms. The van der Waals surface area contributed by atoms with Crippen LogP contribution in [-0.2, 0) is 6.54 Å². The van der Waals surface area contributed by atoms with Crippen LogP contribution in [0.3, 0.4) is 0 Å². The molecule has 1 heterocycles. The van der Waals surface area contributed by atoms with Crippen LogP contribution >= 0.6 is 0 Å². The number of nitrogens with one attached hydrogen (secondary N) is 1. The van der Waals surface area contributed by atoms with Crippen molar-refractivity contribution in [1.29, 1.82) is 0 Å². The van der Waals surface area contributed by atoms with Crippen molar-refractivity contribution in [2.45, 2.75) is 32.9 Å². The van der Waals surface area contributed by atoms with E-state index in [0.29, 0.717) is 6.54 Å². The van der Waals surface area contributed by atoms with E-state index in [1.54, 1.807) is 6.20 Å². The van der Waals surface area contributed by atoms with E-state index in [1.165, 1.54) is 0 Å². The molecule has 3 nitrogen and oxygen atoms in total. The second-order valence-electron chi connectivity index (χ2n) is 4.48. The third kappa shape index (κ3) is 3.98. The van der Waals surface area contributed by atoms with Gasteiger partial charge in [0.2, 0.25) is 0 Å². The first kappa shape index (κ1) is 12.1. The molecule has 1 aromatic rings. The fraction of sp³-hybridized carbons (Fsp3) is 0.583. The molecular weight excluding hydrogens is 188 g/mol. The Morgan fingerprint density at radius 2 is 2.27 bits per heavy atom. The topological polar surface area (TPSA) is 45.1 Å². The second kappa shape index (κ2) is 5.24. The zero-order chi connectivity index (χ0) is 11.3. The molecule has 0 saturated carbocycles. The van der Waals surface area contributed by atoms with Crippen molar-refractivity contribution in [1.82, 2.24) is 10.3 Å². The summed E-state index contributed by atoms with van der Waals surface area (Å²) in [7, 11) is 0. The SMILES string of the molecule is CC(C)C(C)(O)CNCc1cccnc1. The highest BCUT2D eigenvalue weighted by Crippen LogP contribution is 2.14. The number of aromatic nitrogens is 1. The van der Waals surface area contributed by atoms with Gasteiger partial charge in [0.25, 0.3) is 0 Å². The van der Waals surface area contributed by atoms with Crippen LogP contribution < -0.4 is 5.32 Å². The molecule has 1 atom stereocenters. The Kier molecular flexibility index (Phi) is 4.24. The Bertz CT molecular complexity index is 283. The van der Waals surface area contributed by atoms with Crippen LogP contribution in [0.4, 0.5) is 0 Å². The molecule has 1 rings (SSSR count). The first-order valence-corrected chi connectivity index (χ1v) is 5.34. The molecule has 3 heteroatoms. The molecule has 0 radical (unpaired) electrons. The third-order valence-electron chi connectivity index (χ3n) is 2.78. The fourth-order valence-electron chi connectivity index (χ4n) is 1.17. The molecule has 0 aromatic carbocycles. The van der Waals surface area contributed by atoms with Gasteiger partial charge in [0.15, 0.2) is 0 Å². The van der Waals surface area contributed by atoms with Crippen molar-refractivity contribution in [2.24, 2.45) is 5.92 Å². The quantitative estimate of drug-likeness (QED) is 0.772. The Morgan fingerprint density at radius 1 is 1.53 bits per heavy atom. The van der Waals surface area contributed by atoms with Crippen LogP contribution in [0.5, 0.6) is 0 Å². The lowest BCUT2D eigenvalue weighted by atomic mass is 9.92. The van der Waals surface area contributed by atoms with Crippen LogP contribution in [0.1, 0.15) is 26.3 Å². The highest BCUT2D eigenvalue weighted by atomic mass is 16.3. The average Bonchev–Trinajstić information content (AvgIpc) is 2.19. The van der Waals surface area contributed by atoms with E-state index in [9.17, 15) is 5.11 Å². The monoisotopic (exact) mass is 208 g/mol. The maximum Gasteiger partial charge on any atom is 0.0766 e. The lowest BCUT2D eigenvalue weighted by Crippen LogP contribution is -2.41. The summed E-state index contributed by atoms with van der Waals surface area (Å²) in [6, 6.07) is 3.93. The highest BCUT2D eigenvalue weighted by molar-refractivity contribution is 5.07. The minimum atomic E-state index is -0.651. The minimum Gasteiger partial charge on any atom is -0.389 e. The number of hydrogen-bond acceptors (Lipinski definition) is 3. The molecule has 0 amide bonds. The van der Waals surface area contributed by atoms with Crippen LogP contribution in [0.2, 0.25) is 0 Å².